The minimum absolute atomic E-state index is 0.0644. The third-order valence-electron chi connectivity index (χ3n) is 2.78. The molecule has 0 saturated carbocycles. The number of hydrogen-bond donors (Lipinski definition) is 2. The van der Waals surface area contributed by atoms with E-state index in [4.69, 9.17) is 22.0 Å². The molecule has 20 heavy (non-hydrogen) atoms. The molecule has 1 rings (SSSR count). The number of halogens is 1. The third kappa shape index (κ3) is 4.23. The van der Waals surface area contributed by atoms with E-state index in [1.165, 1.54) is 24.0 Å². The zero-order chi connectivity index (χ0) is 15.3. The van der Waals surface area contributed by atoms with E-state index in [9.17, 15) is 9.59 Å². The lowest BCUT2D eigenvalue weighted by Crippen LogP contribution is -2.40. The number of likely N-dealkylation sites (N-methyl/N-ethyl adjacent to an activating group) is 1. The third-order valence-corrected chi connectivity index (χ3v) is 3.10. The van der Waals surface area contributed by atoms with Crippen LogP contribution in [0.4, 0.5) is 5.69 Å². The van der Waals surface area contributed by atoms with Gasteiger partial charge in [0.15, 0.2) is 0 Å². The summed E-state index contributed by atoms with van der Waals surface area (Å²) in [6.07, 6.45) is 0. The van der Waals surface area contributed by atoms with Crippen molar-refractivity contribution in [1.29, 1.82) is 5.26 Å². The van der Waals surface area contributed by atoms with Crippen molar-refractivity contribution in [3.63, 3.8) is 0 Å². The predicted octanol–water partition coefficient (Wildman–Crippen LogP) is 1.56. The van der Waals surface area contributed by atoms with Crippen molar-refractivity contribution >= 4 is 29.2 Å². The normalized spacial score (nSPS) is 11.8. The average molecular weight is 296 g/mol. The summed E-state index contributed by atoms with van der Waals surface area (Å²) < 4.78 is 0. The quantitative estimate of drug-likeness (QED) is 0.859. The molecular formula is C13H14ClN3O3. The first-order chi connectivity index (χ1) is 9.35. The van der Waals surface area contributed by atoms with Crippen LogP contribution in [0.3, 0.4) is 0 Å². The Labute approximate surface area is 121 Å². The average Bonchev–Trinajstić information content (AvgIpc) is 2.37. The number of nitriles is 1. The molecule has 0 saturated heterocycles. The minimum atomic E-state index is -0.998. The van der Waals surface area contributed by atoms with Crippen LogP contribution in [0.2, 0.25) is 5.02 Å². The number of nitrogens with one attached hydrogen (secondary N) is 1. The number of anilines is 1. The smallest absolute Gasteiger partial charge is 0.320 e. The van der Waals surface area contributed by atoms with Crippen LogP contribution in [-0.4, -0.2) is 41.5 Å². The molecule has 0 aromatic heterocycles. The van der Waals surface area contributed by atoms with Gasteiger partial charge in [-0.3, -0.25) is 14.5 Å². The molecule has 2 N–H and O–H groups in total. The molecule has 0 fully saturated rings. The van der Waals surface area contributed by atoms with E-state index in [0.29, 0.717) is 11.3 Å². The lowest BCUT2D eigenvalue weighted by atomic mass is 10.2. The van der Waals surface area contributed by atoms with Gasteiger partial charge in [-0.15, -0.1) is 0 Å². The molecule has 0 aliphatic carbocycles. The summed E-state index contributed by atoms with van der Waals surface area (Å²) in [5, 5.41) is 20.4. The molecule has 1 amide bonds. The maximum atomic E-state index is 11.8. The Morgan fingerprint density at radius 3 is 2.70 bits per heavy atom. The molecule has 106 valence electrons. The van der Waals surface area contributed by atoms with E-state index in [1.807, 2.05) is 6.07 Å². The van der Waals surface area contributed by atoms with Gasteiger partial charge < -0.3 is 10.4 Å². The highest BCUT2D eigenvalue weighted by Gasteiger charge is 2.19. The molecule has 1 aromatic carbocycles. The van der Waals surface area contributed by atoms with Crippen LogP contribution in [0.15, 0.2) is 18.2 Å². The van der Waals surface area contributed by atoms with Crippen LogP contribution in [0.25, 0.3) is 0 Å². The topological polar surface area (TPSA) is 93.4 Å². The van der Waals surface area contributed by atoms with Gasteiger partial charge in [0.05, 0.1) is 17.1 Å². The predicted molar refractivity (Wildman–Crippen MR) is 74.5 cm³/mol. The van der Waals surface area contributed by atoms with Crippen molar-refractivity contribution in [2.24, 2.45) is 0 Å². The number of carbonyl (C=O) groups excluding carboxylic acids is 1. The van der Waals surface area contributed by atoms with Gasteiger partial charge in [-0.1, -0.05) is 11.6 Å². The van der Waals surface area contributed by atoms with E-state index >= 15 is 0 Å². The van der Waals surface area contributed by atoms with Crippen molar-refractivity contribution in [3.8, 4) is 6.07 Å². The van der Waals surface area contributed by atoms with Gasteiger partial charge in [0.1, 0.15) is 12.1 Å². The maximum Gasteiger partial charge on any atom is 0.320 e. The fourth-order valence-electron chi connectivity index (χ4n) is 1.44. The number of amides is 1. The van der Waals surface area contributed by atoms with Crippen molar-refractivity contribution in [2.45, 2.75) is 13.0 Å². The second kappa shape index (κ2) is 6.89. The van der Waals surface area contributed by atoms with Crippen molar-refractivity contribution in [2.75, 3.05) is 18.9 Å². The molecule has 0 radical (unpaired) electrons. The molecular weight excluding hydrogens is 282 g/mol. The summed E-state index contributed by atoms with van der Waals surface area (Å²) in [4.78, 5) is 23.9. The van der Waals surface area contributed by atoms with Crippen molar-refractivity contribution in [3.05, 3.63) is 28.8 Å². The zero-order valence-corrected chi connectivity index (χ0v) is 11.8. The highest BCUT2D eigenvalue weighted by molar-refractivity contribution is 6.32. The van der Waals surface area contributed by atoms with E-state index in [1.54, 1.807) is 13.1 Å². The van der Waals surface area contributed by atoms with Crippen LogP contribution < -0.4 is 5.32 Å². The number of carboxylic acids is 1. The second-order valence-corrected chi connectivity index (χ2v) is 4.69. The molecule has 1 unspecified atom stereocenters. The lowest BCUT2D eigenvalue weighted by molar-refractivity contribution is -0.142. The zero-order valence-electron chi connectivity index (χ0n) is 11.1. The first-order valence-electron chi connectivity index (χ1n) is 5.77. The summed E-state index contributed by atoms with van der Waals surface area (Å²) in [6.45, 7) is 1.43. The van der Waals surface area contributed by atoms with Gasteiger partial charge in [0, 0.05) is 5.69 Å². The maximum absolute atomic E-state index is 11.8. The van der Waals surface area contributed by atoms with Gasteiger partial charge in [0.2, 0.25) is 5.91 Å². The fraction of sp³-hybridized carbons (Fsp3) is 0.308. The highest BCUT2D eigenvalue weighted by Crippen LogP contribution is 2.20. The van der Waals surface area contributed by atoms with Gasteiger partial charge in [0.25, 0.3) is 0 Å². The van der Waals surface area contributed by atoms with E-state index in [2.05, 4.69) is 5.32 Å². The van der Waals surface area contributed by atoms with Crippen LogP contribution >= 0.6 is 11.6 Å². The highest BCUT2D eigenvalue weighted by atomic mass is 35.5. The minimum Gasteiger partial charge on any atom is -0.480 e. The Kier molecular flexibility index (Phi) is 5.50. The Hall–Kier alpha value is -2.10. The molecule has 1 aromatic rings. The van der Waals surface area contributed by atoms with Crippen molar-refractivity contribution < 1.29 is 14.7 Å². The largest absolute Gasteiger partial charge is 0.480 e. The van der Waals surface area contributed by atoms with E-state index in [0.717, 1.165) is 0 Å². The number of carboxylic acid groups (broad SMARTS) is 1. The van der Waals surface area contributed by atoms with Crippen LogP contribution in [0.1, 0.15) is 12.5 Å². The first kappa shape index (κ1) is 16.0. The number of benzene rings is 1. The van der Waals surface area contributed by atoms with Gasteiger partial charge >= 0.3 is 5.97 Å². The summed E-state index contributed by atoms with van der Waals surface area (Å²) in [6, 6.07) is 5.69. The molecule has 7 heteroatoms. The summed E-state index contributed by atoms with van der Waals surface area (Å²) in [5.41, 5.74) is 0.775. The van der Waals surface area contributed by atoms with Gasteiger partial charge in [-0.25, -0.2) is 0 Å². The second-order valence-electron chi connectivity index (χ2n) is 4.28. The standard InChI is InChI=1S/C13H14ClN3O3/c1-8(13(19)20)17(2)7-12(18)16-10-4-3-9(6-15)11(14)5-10/h3-5,8H,7H2,1-2H3,(H,16,18)(H,19,20). The molecule has 0 heterocycles. The van der Waals surface area contributed by atoms with E-state index in [-0.39, 0.29) is 17.5 Å². The van der Waals surface area contributed by atoms with Gasteiger partial charge in [-0.05, 0) is 32.2 Å². The van der Waals surface area contributed by atoms with Gasteiger partial charge in [-0.2, -0.15) is 5.26 Å². The van der Waals surface area contributed by atoms with Crippen LogP contribution in [0.5, 0.6) is 0 Å². The Balaban J connectivity index is 2.65. The summed E-state index contributed by atoms with van der Waals surface area (Å²) in [7, 11) is 1.55. The molecule has 6 nitrogen and oxygen atoms in total. The molecule has 1 atom stereocenters. The van der Waals surface area contributed by atoms with E-state index < -0.39 is 12.0 Å². The number of nitrogens with zero attached hydrogens (tertiary/aromatic N) is 2. The Bertz CT molecular complexity index is 568. The summed E-state index contributed by atoms with van der Waals surface area (Å²) >= 11 is 5.85. The summed E-state index contributed by atoms with van der Waals surface area (Å²) in [5.74, 6) is -1.36. The number of aliphatic carboxylic acids is 1. The number of carbonyl (C=O) groups is 2. The molecule has 0 aliphatic rings. The Morgan fingerprint density at radius 2 is 2.20 bits per heavy atom. The number of rotatable bonds is 5. The Morgan fingerprint density at radius 1 is 1.55 bits per heavy atom. The molecule has 0 aliphatic heterocycles. The SMILES string of the molecule is CC(C(=O)O)N(C)CC(=O)Nc1ccc(C#N)c(Cl)c1. The van der Waals surface area contributed by atoms with Crippen molar-refractivity contribution in [1.82, 2.24) is 4.90 Å². The van der Waals surface area contributed by atoms with Crippen LogP contribution in [-0.2, 0) is 9.59 Å². The fourth-order valence-corrected chi connectivity index (χ4v) is 1.66. The number of hydrogen-bond acceptors (Lipinski definition) is 4. The molecule has 0 bridgehead atoms. The first-order valence-corrected chi connectivity index (χ1v) is 6.15. The molecule has 0 spiro atoms. The monoisotopic (exact) mass is 295 g/mol. The van der Waals surface area contributed by atoms with Crippen LogP contribution in [0, 0.1) is 11.3 Å². The lowest BCUT2D eigenvalue weighted by Gasteiger charge is -2.20.